The average molecular weight is 351 g/mol. The van der Waals surface area contributed by atoms with E-state index in [4.69, 9.17) is 10.8 Å². The molecule has 0 unspecified atom stereocenters. The molecule has 0 aliphatic carbocycles. The van der Waals surface area contributed by atoms with Crippen molar-refractivity contribution in [2.75, 3.05) is 6.54 Å². The Bertz CT molecular complexity index is 614. The summed E-state index contributed by atoms with van der Waals surface area (Å²) in [6.45, 7) is -0.120. The van der Waals surface area contributed by atoms with Crippen molar-refractivity contribution >= 4 is 37.8 Å². The number of benzene rings is 1. The number of primary amides is 1. The molecule has 1 aromatic carbocycles. The van der Waals surface area contributed by atoms with Crippen LogP contribution in [0.15, 0.2) is 27.6 Å². The zero-order valence-electron chi connectivity index (χ0n) is 9.59. The molecule has 0 aromatic heterocycles. The number of hydrogen-bond donors (Lipinski definition) is 3. The van der Waals surface area contributed by atoms with Gasteiger partial charge in [-0.2, -0.15) is 0 Å². The lowest BCUT2D eigenvalue weighted by Gasteiger charge is -2.08. The minimum atomic E-state index is -3.83. The van der Waals surface area contributed by atoms with Crippen molar-refractivity contribution in [2.24, 2.45) is 5.73 Å². The van der Waals surface area contributed by atoms with Crippen molar-refractivity contribution in [3.63, 3.8) is 0 Å². The molecule has 19 heavy (non-hydrogen) atoms. The third-order valence-corrected chi connectivity index (χ3v) is 4.57. The first-order chi connectivity index (χ1) is 8.74. The lowest BCUT2D eigenvalue weighted by Crippen LogP contribution is -2.28. The van der Waals surface area contributed by atoms with Crippen molar-refractivity contribution in [2.45, 2.75) is 11.3 Å². The number of nitrogens with two attached hydrogens (primary N) is 1. The van der Waals surface area contributed by atoms with Crippen LogP contribution >= 0.6 is 15.9 Å². The Hall–Kier alpha value is -1.45. The van der Waals surface area contributed by atoms with Crippen LogP contribution in [-0.4, -0.2) is 31.9 Å². The number of rotatable bonds is 6. The van der Waals surface area contributed by atoms with Gasteiger partial charge in [0.25, 0.3) is 0 Å². The molecule has 7 nitrogen and oxygen atoms in total. The number of carboxylic acids is 1. The van der Waals surface area contributed by atoms with Gasteiger partial charge in [-0.05, 0) is 34.1 Å². The fourth-order valence-corrected chi connectivity index (χ4v) is 3.35. The predicted molar refractivity (Wildman–Crippen MR) is 70.1 cm³/mol. The topological polar surface area (TPSA) is 127 Å². The molecule has 0 bridgehead atoms. The largest absolute Gasteiger partial charge is 0.478 e. The summed E-state index contributed by atoms with van der Waals surface area (Å²) in [5.41, 5.74) is 4.86. The summed E-state index contributed by atoms with van der Waals surface area (Å²) in [4.78, 5) is 21.1. The van der Waals surface area contributed by atoms with Crippen LogP contribution in [0.3, 0.4) is 0 Å². The zero-order chi connectivity index (χ0) is 14.6. The first-order valence-electron chi connectivity index (χ1n) is 5.05. The third-order valence-electron chi connectivity index (χ3n) is 2.13. The van der Waals surface area contributed by atoms with E-state index >= 15 is 0 Å². The van der Waals surface area contributed by atoms with Crippen LogP contribution in [0.4, 0.5) is 0 Å². The van der Waals surface area contributed by atoms with Crippen molar-refractivity contribution in [3.8, 4) is 0 Å². The minimum absolute atomic E-state index is 0.0389. The Balaban J connectivity index is 2.96. The van der Waals surface area contributed by atoms with Crippen LogP contribution in [0.2, 0.25) is 0 Å². The van der Waals surface area contributed by atoms with Crippen molar-refractivity contribution in [1.29, 1.82) is 0 Å². The molecule has 9 heteroatoms. The molecule has 0 aliphatic rings. The van der Waals surface area contributed by atoms with Crippen LogP contribution in [-0.2, 0) is 14.8 Å². The summed E-state index contributed by atoms with van der Waals surface area (Å²) in [5.74, 6) is -1.78. The zero-order valence-corrected chi connectivity index (χ0v) is 12.0. The number of halogens is 1. The SMILES string of the molecule is NC(=O)CCNS(=O)(=O)c1ccc(C(=O)O)cc1Br. The summed E-state index contributed by atoms with van der Waals surface area (Å²) in [6.07, 6.45) is -0.121. The van der Waals surface area contributed by atoms with Gasteiger partial charge in [-0.15, -0.1) is 0 Å². The molecule has 4 N–H and O–H groups in total. The van der Waals surface area contributed by atoms with Gasteiger partial charge in [-0.3, -0.25) is 4.79 Å². The number of nitrogens with one attached hydrogen (secondary N) is 1. The highest BCUT2D eigenvalue weighted by atomic mass is 79.9. The average Bonchev–Trinajstić information content (AvgIpc) is 2.27. The maximum Gasteiger partial charge on any atom is 0.335 e. The maximum absolute atomic E-state index is 11.9. The van der Waals surface area contributed by atoms with E-state index in [1.54, 1.807) is 0 Å². The fourth-order valence-electron chi connectivity index (χ4n) is 1.24. The van der Waals surface area contributed by atoms with Gasteiger partial charge in [0.1, 0.15) is 0 Å². The quantitative estimate of drug-likeness (QED) is 0.679. The monoisotopic (exact) mass is 350 g/mol. The van der Waals surface area contributed by atoms with Gasteiger partial charge in [-0.25, -0.2) is 17.9 Å². The molecule has 0 spiro atoms. The highest BCUT2D eigenvalue weighted by Gasteiger charge is 2.18. The molecule has 104 valence electrons. The number of aromatic carboxylic acids is 1. The molecule has 0 aliphatic heterocycles. The number of hydrogen-bond acceptors (Lipinski definition) is 4. The summed E-state index contributed by atoms with van der Waals surface area (Å²) < 4.78 is 26.1. The number of carbonyl (C=O) groups excluding carboxylic acids is 1. The molecule has 0 atom stereocenters. The molecule has 1 aromatic rings. The Morgan fingerprint density at radius 3 is 2.47 bits per heavy atom. The Kier molecular flexibility index (Phi) is 5.04. The van der Waals surface area contributed by atoms with E-state index in [0.29, 0.717) is 0 Å². The maximum atomic E-state index is 11.9. The molecule has 0 radical (unpaired) electrons. The minimum Gasteiger partial charge on any atom is -0.478 e. The van der Waals surface area contributed by atoms with Gasteiger partial charge in [0.2, 0.25) is 15.9 Å². The van der Waals surface area contributed by atoms with E-state index in [0.717, 1.165) is 0 Å². The predicted octanol–water partition coefficient (Wildman–Crippen LogP) is 0.301. The van der Waals surface area contributed by atoms with Gasteiger partial charge in [0.15, 0.2) is 0 Å². The summed E-state index contributed by atoms with van der Waals surface area (Å²) in [5, 5.41) is 8.77. The summed E-state index contributed by atoms with van der Waals surface area (Å²) in [6, 6.07) is 3.53. The fraction of sp³-hybridized carbons (Fsp3) is 0.200. The molecular formula is C10H11BrN2O5S. The van der Waals surface area contributed by atoms with E-state index in [9.17, 15) is 18.0 Å². The first-order valence-corrected chi connectivity index (χ1v) is 7.32. The summed E-state index contributed by atoms with van der Waals surface area (Å²) >= 11 is 3.00. The van der Waals surface area contributed by atoms with Crippen LogP contribution in [0.1, 0.15) is 16.8 Å². The standard InChI is InChI=1S/C10H11BrN2O5S/c11-7-5-6(10(15)16)1-2-8(7)19(17,18)13-4-3-9(12)14/h1-2,5,13H,3-4H2,(H2,12,14)(H,15,16). The highest BCUT2D eigenvalue weighted by Crippen LogP contribution is 2.23. The number of carbonyl (C=O) groups is 2. The second-order valence-electron chi connectivity index (χ2n) is 3.56. The van der Waals surface area contributed by atoms with E-state index in [1.165, 1.54) is 18.2 Å². The van der Waals surface area contributed by atoms with Gasteiger partial charge < -0.3 is 10.8 Å². The second-order valence-corrected chi connectivity index (χ2v) is 6.15. The van der Waals surface area contributed by atoms with Gasteiger partial charge in [0, 0.05) is 17.4 Å². The molecular weight excluding hydrogens is 340 g/mol. The first kappa shape index (κ1) is 15.6. The lowest BCUT2D eigenvalue weighted by molar-refractivity contribution is -0.117. The molecule has 1 amide bonds. The number of carboxylic acid groups (broad SMARTS) is 1. The van der Waals surface area contributed by atoms with Crippen molar-refractivity contribution < 1.29 is 23.1 Å². The van der Waals surface area contributed by atoms with E-state index in [2.05, 4.69) is 20.7 Å². The number of sulfonamides is 1. The smallest absolute Gasteiger partial charge is 0.335 e. The van der Waals surface area contributed by atoms with Gasteiger partial charge in [0.05, 0.1) is 10.5 Å². The molecule has 0 fully saturated rings. The Labute approximate surface area is 118 Å². The molecule has 0 saturated heterocycles. The summed E-state index contributed by atoms with van der Waals surface area (Å²) in [7, 11) is -3.83. The van der Waals surface area contributed by atoms with Crippen molar-refractivity contribution in [1.82, 2.24) is 4.72 Å². The molecule has 1 rings (SSSR count). The van der Waals surface area contributed by atoms with Crippen LogP contribution in [0.5, 0.6) is 0 Å². The van der Waals surface area contributed by atoms with Gasteiger partial charge in [-0.1, -0.05) is 0 Å². The van der Waals surface area contributed by atoms with E-state index < -0.39 is 21.9 Å². The Morgan fingerprint density at radius 2 is 2.00 bits per heavy atom. The van der Waals surface area contributed by atoms with Crippen LogP contribution in [0.25, 0.3) is 0 Å². The van der Waals surface area contributed by atoms with Crippen LogP contribution in [0, 0.1) is 0 Å². The Morgan fingerprint density at radius 1 is 1.37 bits per heavy atom. The van der Waals surface area contributed by atoms with Crippen LogP contribution < -0.4 is 10.5 Å². The third kappa shape index (κ3) is 4.30. The molecule has 0 saturated carbocycles. The van der Waals surface area contributed by atoms with Crippen molar-refractivity contribution in [3.05, 3.63) is 28.2 Å². The van der Waals surface area contributed by atoms with E-state index in [-0.39, 0.29) is 27.9 Å². The number of amides is 1. The lowest BCUT2D eigenvalue weighted by atomic mass is 10.2. The molecule has 0 heterocycles. The normalized spacial score (nSPS) is 11.2. The van der Waals surface area contributed by atoms with Gasteiger partial charge >= 0.3 is 5.97 Å². The second kappa shape index (κ2) is 6.13. The van der Waals surface area contributed by atoms with E-state index in [1.807, 2.05) is 0 Å². The highest BCUT2D eigenvalue weighted by molar-refractivity contribution is 9.10.